The second kappa shape index (κ2) is 9.28. The molecule has 0 heterocycles. The summed E-state index contributed by atoms with van der Waals surface area (Å²) in [4.78, 5) is 35.9. The third-order valence-electron chi connectivity index (χ3n) is 3.43. The van der Waals surface area contributed by atoms with Crippen LogP contribution in [0.15, 0.2) is 60.3 Å². The summed E-state index contributed by atoms with van der Waals surface area (Å²) in [5, 5.41) is 4.73. The Balaban J connectivity index is 2.09. The number of halogens is 1. The highest BCUT2D eigenvalue weighted by Crippen LogP contribution is 2.14. The van der Waals surface area contributed by atoms with Gasteiger partial charge in [-0.15, -0.1) is 0 Å². The van der Waals surface area contributed by atoms with E-state index < -0.39 is 29.7 Å². The molecule has 0 aliphatic heterocycles. The average Bonchev–Trinajstić information content (AvgIpc) is 2.63. The Morgan fingerprint density at radius 1 is 1.04 bits per heavy atom. The number of hydrogen-bond acceptors (Lipinski definition) is 4. The summed E-state index contributed by atoms with van der Waals surface area (Å²) < 4.78 is 18.7. The van der Waals surface area contributed by atoms with Crippen molar-refractivity contribution < 1.29 is 23.5 Å². The Morgan fingerprint density at radius 3 is 2.30 bits per heavy atom. The first kappa shape index (κ1) is 19.8. The molecule has 2 aromatic rings. The Labute approximate surface area is 156 Å². The van der Waals surface area contributed by atoms with Gasteiger partial charge in [-0.2, -0.15) is 0 Å². The van der Waals surface area contributed by atoms with Crippen molar-refractivity contribution in [2.75, 3.05) is 5.32 Å². The molecule has 0 aliphatic carbocycles. The Kier molecular flexibility index (Phi) is 6.82. The van der Waals surface area contributed by atoms with Gasteiger partial charge in [0.25, 0.3) is 5.91 Å². The average molecular weight is 370 g/mol. The van der Waals surface area contributed by atoms with Crippen LogP contribution in [-0.4, -0.2) is 23.9 Å². The lowest BCUT2D eigenvalue weighted by atomic mass is 10.2. The van der Waals surface area contributed by atoms with Crippen LogP contribution in [0.4, 0.5) is 10.1 Å². The number of esters is 1. The number of para-hydroxylation sites is 1. The van der Waals surface area contributed by atoms with Crippen molar-refractivity contribution >= 4 is 29.5 Å². The first-order valence-corrected chi connectivity index (χ1v) is 8.17. The van der Waals surface area contributed by atoms with Gasteiger partial charge in [0.2, 0.25) is 5.91 Å². The summed E-state index contributed by atoms with van der Waals surface area (Å²) in [5.74, 6) is -2.65. The van der Waals surface area contributed by atoms with E-state index in [1.54, 1.807) is 30.3 Å². The van der Waals surface area contributed by atoms with Crippen molar-refractivity contribution in [1.82, 2.24) is 5.32 Å². The Hall–Kier alpha value is -3.48. The predicted octanol–water partition coefficient (Wildman–Crippen LogP) is 2.87. The molecule has 2 aromatic carbocycles. The molecule has 0 fully saturated rings. The van der Waals surface area contributed by atoms with Crippen molar-refractivity contribution in [3.63, 3.8) is 0 Å². The van der Waals surface area contributed by atoms with Crippen LogP contribution in [0.5, 0.6) is 0 Å². The van der Waals surface area contributed by atoms with Gasteiger partial charge in [0, 0.05) is 6.92 Å². The quantitative estimate of drug-likeness (QED) is 0.605. The third kappa shape index (κ3) is 6.07. The van der Waals surface area contributed by atoms with Crippen LogP contribution in [0, 0.1) is 5.82 Å². The van der Waals surface area contributed by atoms with Gasteiger partial charge in [-0.3, -0.25) is 9.59 Å². The molecular formula is C20H19FN2O4. The first-order valence-electron chi connectivity index (χ1n) is 8.17. The topological polar surface area (TPSA) is 84.5 Å². The first-order chi connectivity index (χ1) is 12.9. The number of nitrogens with one attached hydrogen (secondary N) is 2. The van der Waals surface area contributed by atoms with Crippen molar-refractivity contribution in [1.29, 1.82) is 0 Å². The normalized spacial score (nSPS) is 12.0. The van der Waals surface area contributed by atoms with Crippen molar-refractivity contribution in [3.05, 3.63) is 71.7 Å². The number of hydrogen-bond donors (Lipinski definition) is 2. The smallest absolute Gasteiger partial charge is 0.355 e. The molecule has 1 atom stereocenters. The molecule has 0 bridgehead atoms. The van der Waals surface area contributed by atoms with E-state index in [9.17, 15) is 18.8 Å². The van der Waals surface area contributed by atoms with Gasteiger partial charge in [0.05, 0.1) is 5.69 Å². The molecule has 0 saturated carbocycles. The molecule has 0 unspecified atom stereocenters. The number of benzene rings is 2. The van der Waals surface area contributed by atoms with Crippen LogP contribution in [0.25, 0.3) is 6.08 Å². The maximum atomic E-state index is 13.6. The van der Waals surface area contributed by atoms with Gasteiger partial charge in [0.1, 0.15) is 11.5 Å². The molecule has 2 amide bonds. The monoisotopic (exact) mass is 370 g/mol. The summed E-state index contributed by atoms with van der Waals surface area (Å²) in [6.07, 6.45) is 0.232. The van der Waals surface area contributed by atoms with E-state index in [4.69, 9.17) is 4.74 Å². The van der Waals surface area contributed by atoms with E-state index in [1.807, 2.05) is 6.07 Å². The lowest BCUT2D eigenvalue weighted by Crippen LogP contribution is -2.34. The number of carbonyl (C=O) groups is 3. The highest BCUT2D eigenvalue weighted by molar-refractivity contribution is 6.00. The number of anilines is 1. The van der Waals surface area contributed by atoms with Crippen molar-refractivity contribution in [2.45, 2.75) is 20.0 Å². The SMILES string of the molecule is CC(=O)N/C(=C\c1ccccc1)C(=O)O[C@H](C)C(=O)Nc1ccccc1F. The zero-order chi connectivity index (χ0) is 19.8. The van der Waals surface area contributed by atoms with Crippen LogP contribution >= 0.6 is 0 Å². The zero-order valence-corrected chi connectivity index (χ0v) is 14.9. The van der Waals surface area contributed by atoms with Crippen LogP contribution < -0.4 is 10.6 Å². The Bertz CT molecular complexity index is 865. The van der Waals surface area contributed by atoms with E-state index in [2.05, 4.69) is 10.6 Å². The lowest BCUT2D eigenvalue weighted by Gasteiger charge is -2.15. The summed E-state index contributed by atoms with van der Waals surface area (Å²) >= 11 is 0. The van der Waals surface area contributed by atoms with E-state index in [0.717, 1.165) is 0 Å². The minimum atomic E-state index is -1.20. The van der Waals surface area contributed by atoms with Crippen LogP contribution in [-0.2, 0) is 19.1 Å². The number of rotatable bonds is 6. The summed E-state index contributed by atoms with van der Waals surface area (Å²) in [6, 6.07) is 14.5. The minimum Gasteiger partial charge on any atom is -0.448 e. The molecule has 6 nitrogen and oxygen atoms in total. The fourth-order valence-electron chi connectivity index (χ4n) is 2.13. The highest BCUT2D eigenvalue weighted by atomic mass is 19.1. The second-order valence-electron chi connectivity index (χ2n) is 5.67. The van der Waals surface area contributed by atoms with E-state index >= 15 is 0 Å². The summed E-state index contributed by atoms with van der Waals surface area (Å²) in [6.45, 7) is 2.60. The molecular weight excluding hydrogens is 351 g/mol. The Morgan fingerprint density at radius 2 is 1.67 bits per heavy atom. The summed E-state index contributed by atoms with van der Waals surface area (Å²) in [5.41, 5.74) is 0.535. The van der Waals surface area contributed by atoms with E-state index in [-0.39, 0.29) is 11.4 Å². The highest BCUT2D eigenvalue weighted by Gasteiger charge is 2.22. The lowest BCUT2D eigenvalue weighted by molar-refractivity contribution is -0.149. The molecule has 0 aromatic heterocycles. The molecule has 0 saturated heterocycles. The molecule has 0 spiro atoms. The van der Waals surface area contributed by atoms with Gasteiger partial charge in [-0.05, 0) is 30.7 Å². The number of carbonyl (C=O) groups excluding carboxylic acids is 3. The largest absolute Gasteiger partial charge is 0.448 e. The second-order valence-corrected chi connectivity index (χ2v) is 5.67. The van der Waals surface area contributed by atoms with Crippen LogP contribution in [0.3, 0.4) is 0 Å². The van der Waals surface area contributed by atoms with E-state index in [0.29, 0.717) is 5.56 Å². The van der Waals surface area contributed by atoms with Gasteiger partial charge in [0.15, 0.2) is 6.10 Å². The van der Waals surface area contributed by atoms with Gasteiger partial charge in [-0.1, -0.05) is 42.5 Å². The molecule has 7 heteroatoms. The summed E-state index contributed by atoms with van der Waals surface area (Å²) in [7, 11) is 0. The molecule has 140 valence electrons. The number of amides is 2. The van der Waals surface area contributed by atoms with Crippen molar-refractivity contribution in [2.24, 2.45) is 0 Å². The maximum Gasteiger partial charge on any atom is 0.355 e. The molecule has 0 aliphatic rings. The van der Waals surface area contributed by atoms with Crippen molar-refractivity contribution in [3.8, 4) is 0 Å². The van der Waals surface area contributed by atoms with Gasteiger partial charge in [-0.25, -0.2) is 9.18 Å². The van der Waals surface area contributed by atoms with E-state index in [1.165, 1.54) is 38.1 Å². The predicted molar refractivity (Wildman–Crippen MR) is 98.8 cm³/mol. The van der Waals surface area contributed by atoms with Crippen LogP contribution in [0.1, 0.15) is 19.4 Å². The maximum absolute atomic E-state index is 13.6. The molecule has 2 N–H and O–H groups in total. The fourth-order valence-corrected chi connectivity index (χ4v) is 2.13. The van der Waals surface area contributed by atoms with Gasteiger partial charge < -0.3 is 15.4 Å². The fraction of sp³-hybridized carbons (Fsp3) is 0.150. The molecule has 2 rings (SSSR count). The molecule has 27 heavy (non-hydrogen) atoms. The number of ether oxygens (including phenoxy) is 1. The standard InChI is InChI=1S/C20H19FN2O4/c1-13(19(25)23-17-11-7-6-10-16(17)21)27-20(26)18(22-14(2)24)12-15-8-4-3-5-9-15/h3-13H,1-2H3,(H,22,24)(H,23,25)/b18-12-/t13-/m1/s1. The third-order valence-corrected chi connectivity index (χ3v) is 3.43. The van der Waals surface area contributed by atoms with Gasteiger partial charge >= 0.3 is 5.97 Å². The van der Waals surface area contributed by atoms with Crippen LogP contribution in [0.2, 0.25) is 0 Å². The minimum absolute atomic E-state index is 0.0210. The molecule has 0 radical (unpaired) electrons. The zero-order valence-electron chi connectivity index (χ0n) is 14.9.